The molecule has 0 aliphatic rings. The first-order chi connectivity index (χ1) is 11.8. The number of hydrogen-bond donors (Lipinski definition) is 0. The zero-order valence-corrected chi connectivity index (χ0v) is 18.4. The molecule has 3 rings (SSSR count). The minimum atomic E-state index is -2.03. The van der Waals surface area contributed by atoms with Crippen LogP contribution in [0.1, 0.15) is 34.2 Å². The molecule has 0 aliphatic heterocycles. The molecule has 0 aliphatic carbocycles. The van der Waals surface area contributed by atoms with Crippen molar-refractivity contribution in [2.45, 2.75) is 41.5 Å². The summed E-state index contributed by atoms with van der Waals surface area (Å²) < 4.78 is 23.0. The molecule has 8 nitrogen and oxygen atoms in total. The minimum absolute atomic E-state index is 0. The van der Waals surface area contributed by atoms with E-state index in [1.165, 1.54) is 0 Å². The van der Waals surface area contributed by atoms with Crippen LogP contribution < -0.4 is 0 Å². The van der Waals surface area contributed by atoms with Gasteiger partial charge < -0.3 is 13.8 Å². The van der Waals surface area contributed by atoms with Crippen molar-refractivity contribution in [3.8, 4) is 0 Å². The van der Waals surface area contributed by atoms with Gasteiger partial charge in [0, 0.05) is 0 Å². The third-order valence-corrected chi connectivity index (χ3v) is 3.79. The summed E-state index contributed by atoms with van der Waals surface area (Å²) in [5, 5.41) is 14.0. The second-order valence-corrected chi connectivity index (χ2v) is 6.36. The van der Waals surface area contributed by atoms with Crippen molar-refractivity contribution in [2.75, 3.05) is 0 Å². The van der Waals surface area contributed by atoms with Gasteiger partial charge >= 0.3 is 25.3 Å². The molecule has 1 radical (unpaired) electrons. The van der Waals surface area contributed by atoms with Crippen LogP contribution in [0.15, 0.2) is 18.2 Å². The molecule has 3 aromatic heterocycles. The van der Waals surface area contributed by atoms with Gasteiger partial charge in [0.1, 0.15) is 0 Å². The summed E-state index contributed by atoms with van der Waals surface area (Å²) in [4.78, 5) is 0. The topological polar surface area (TPSA) is 87.6 Å². The summed E-state index contributed by atoms with van der Waals surface area (Å²) in [6.07, 6.45) is 0. The number of rotatable bonds is 3. The Morgan fingerprint density at radius 2 is 0.923 bits per heavy atom. The Kier molecular flexibility index (Phi) is 7.96. The Bertz CT molecular complexity index is 819. The van der Waals surface area contributed by atoms with E-state index in [0.29, 0.717) is 0 Å². The van der Waals surface area contributed by atoms with E-state index in [4.69, 9.17) is 6.80 Å². The summed E-state index contributed by atoms with van der Waals surface area (Å²) in [5.41, 5.74) is 6.23. The van der Waals surface area contributed by atoms with Gasteiger partial charge in [-0.2, -0.15) is 0 Å². The third kappa shape index (κ3) is 4.71. The van der Waals surface area contributed by atoms with E-state index in [0.717, 1.165) is 34.2 Å². The third-order valence-electron chi connectivity index (χ3n) is 3.79. The van der Waals surface area contributed by atoms with Crippen molar-refractivity contribution in [1.29, 1.82) is 0 Å². The molecule has 0 amide bonds. The number of aryl methyl sites for hydroxylation is 6. The van der Waals surface area contributed by atoms with Crippen LogP contribution in [0.2, 0.25) is 0 Å². The van der Waals surface area contributed by atoms with E-state index in [9.17, 15) is 0 Å². The monoisotopic (exact) mass is 462 g/mol. The predicted octanol–water partition coefficient (Wildman–Crippen LogP) is 2.24. The van der Waals surface area contributed by atoms with Gasteiger partial charge in [0.2, 0.25) is 0 Å². The van der Waals surface area contributed by atoms with Crippen LogP contribution >= 0.6 is 12.4 Å². The quantitative estimate of drug-likeness (QED) is 0.560. The molecule has 3 heterocycles. The summed E-state index contributed by atoms with van der Waals surface area (Å²) in [5.74, 6) is 0. The van der Waals surface area contributed by atoms with Crippen LogP contribution in [0, 0.1) is 41.5 Å². The Labute approximate surface area is 167 Å². The van der Waals surface area contributed by atoms with Gasteiger partial charge in [0.05, 0.1) is 17.1 Å². The fraction of sp³-hybridized carbons (Fsp3) is 0.400. The summed E-state index contributed by atoms with van der Waals surface area (Å²) in [6.45, 7) is 12.2. The van der Waals surface area contributed by atoms with Crippen LogP contribution in [0.5, 0.6) is 0 Å². The van der Waals surface area contributed by atoms with Gasteiger partial charge in [-0.15, -0.1) is 12.4 Å². The summed E-state index contributed by atoms with van der Waals surface area (Å²) in [6, 6.07) is 6.22. The molecule has 0 fully saturated rings. The number of hydrogen-bond acceptors (Lipinski definition) is 5. The standard InChI is InChI=1S/C15H21BN6.ClH.Mo.2O/c1-10-7-13(4)20(17-10)16(21-14(5)8-11(2)18-21)22-15(6)9-12(3)19-22;;;;/h7-9H,1-6H3;1H;;;/q-1;;;;. The summed E-state index contributed by atoms with van der Waals surface area (Å²) >= 11 is -2.03. The van der Waals surface area contributed by atoms with Crippen LogP contribution in [0.25, 0.3) is 0 Å². The fourth-order valence-corrected chi connectivity index (χ4v) is 2.95. The molecule has 0 atom stereocenters. The maximum absolute atomic E-state index is 8.50. The van der Waals surface area contributed by atoms with Gasteiger partial charge in [0.15, 0.2) is 0 Å². The van der Waals surface area contributed by atoms with Crippen molar-refractivity contribution >= 4 is 19.5 Å². The van der Waals surface area contributed by atoms with E-state index in [1.54, 1.807) is 0 Å². The van der Waals surface area contributed by atoms with Gasteiger partial charge in [-0.25, -0.2) is 15.3 Å². The SMILES string of the molecule is Cc1cc(C)n([B-](n2nc(C)cc2C)n2nc(C)cc2C)n1.Cl.[O]=[Mo]=[O]. The molecule has 0 aromatic carbocycles. The van der Waals surface area contributed by atoms with Crippen LogP contribution in [0.3, 0.4) is 0 Å². The van der Waals surface area contributed by atoms with E-state index in [2.05, 4.69) is 54.3 Å². The first kappa shape index (κ1) is 22.3. The normalized spacial score (nSPS) is 10.3. The van der Waals surface area contributed by atoms with E-state index >= 15 is 0 Å². The fourth-order valence-electron chi connectivity index (χ4n) is 2.95. The van der Waals surface area contributed by atoms with E-state index in [-0.39, 0.29) is 19.5 Å². The molecule has 26 heavy (non-hydrogen) atoms. The van der Waals surface area contributed by atoms with Crippen molar-refractivity contribution in [2.24, 2.45) is 0 Å². The molecule has 0 saturated heterocycles. The average molecular weight is 461 g/mol. The first-order valence-corrected chi connectivity index (χ1v) is 9.42. The van der Waals surface area contributed by atoms with Crippen molar-refractivity contribution in [1.82, 2.24) is 29.1 Å². The molecular formula is C15H22BClMoN6O2-. The molecule has 11 heteroatoms. The van der Waals surface area contributed by atoms with Gasteiger partial charge in [-0.3, -0.25) is 0 Å². The second kappa shape index (κ2) is 9.28. The molecule has 0 bridgehead atoms. The number of aromatic nitrogens is 6. The number of halogens is 1. The molecule has 141 valence electrons. The molecule has 0 saturated carbocycles. The van der Waals surface area contributed by atoms with Gasteiger partial charge in [0.25, 0.3) is 7.12 Å². The Balaban J connectivity index is 0.000000791. The molecule has 0 unspecified atom stereocenters. The van der Waals surface area contributed by atoms with E-state index in [1.807, 2.05) is 34.5 Å². The second-order valence-electron chi connectivity index (χ2n) is 6.03. The zero-order valence-electron chi connectivity index (χ0n) is 15.6. The van der Waals surface area contributed by atoms with Gasteiger partial charge in [-0.05, 0) is 76.8 Å². The van der Waals surface area contributed by atoms with Crippen molar-refractivity contribution in [3.05, 3.63) is 52.4 Å². The zero-order chi connectivity index (χ0) is 18.7. The van der Waals surface area contributed by atoms with Crippen molar-refractivity contribution < 1.29 is 25.3 Å². The van der Waals surface area contributed by atoms with E-state index < -0.39 is 18.5 Å². The Morgan fingerprint density at radius 3 is 1.08 bits per heavy atom. The average Bonchev–Trinajstić information content (AvgIpc) is 3.12. The molecule has 0 spiro atoms. The van der Waals surface area contributed by atoms with Crippen LogP contribution in [-0.4, -0.2) is 36.2 Å². The molecular weight excluding hydrogens is 438 g/mol. The van der Waals surface area contributed by atoms with Crippen LogP contribution in [-0.2, 0) is 25.3 Å². The van der Waals surface area contributed by atoms with Crippen molar-refractivity contribution in [3.63, 3.8) is 0 Å². The molecule has 3 aromatic rings. The van der Waals surface area contributed by atoms with Gasteiger partial charge in [-0.1, -0.05) is 0 Å². The Morgan fingerprint density at radius 1 is 0.692 bits per heavy atom. The first-order valence-electron chi connectivity index (χ1n) is 7.78. The van der Waals surface area contributed by atoms with Crippen LogP contribution in [0.4, 0.5) is 0 Å². The number of nitrogens with zero attached hydrogens (tertiary/aromatic N) is 6. The molecule has 0 N–H and O–H groups in total. The maximum atomic E-state index is 8.50. The Hall–Kier alpha value is -1.73. The predicted molar refractivity (Wildman–Crippen MR) is 95.7 cm³/mol. The summed E-state index contributed by atoms with van der Waals surface area (Å²) in [7, 11) is -0.226.